The molecule has 8 nitrogen and oxygen atoms in total. The molecule has 0 aliphatic rings. The van der Waals surface area contributed by atoms with Gasteiger partial charge in [0.25, 0.3) is 0 Å². The number of anilines is 1. The van der Waals surface area contributed by atoms with Crippen LogP contribution in [0.4, 0.5) is 10.5 Å². The first kappa shape index (κ1) is 22.3. The molecule has 148 valence electrons. The lowest BCUT2D eigenvalue weighted by Gasteiger charge is -2.17. The summed E-state index contributed by atoms with van der Waals surface area (Å²) in [5.41, 5.74) is 6.91. The number of nitrogens with one attached hydrogen (secondary N) is 3. The van der Waals surface area contributed by atoms with Crippen LogP contribution in [-0.2, 0) is 9.59 Å². The van der Waals surface area contributed by atoms with E-state index < -0.39 is 11.4 Å². The van der Waals surface area contributed by atoms with Gasteiger partial charge in [0, 0.05) is 29.7 Å². The van der Waals surface area contributed by atoms with Crippen LogP contribution in [0.25, 0.3) is 0 Å². The topological polar surface area (TPSA) is 126 Å². The Morgan fingerprint density at radius 3 is 2.30 bits per heavy atom. The van der Waals surface area contributed by atoms with Crippen LogP contribution in [0.15, 0.2) is 23.3 Å². The fourth-order valence-corrected chi connectivity index (χ4v) is 2.10. The minimum Gasteiger partial charge on any atom is -0.326 e. The van der Waals surface area contributed by atoms with Gasteiger partial charge in [-0.05, 0) is 43.5 Å². The van der Waals surface area contributed by atoms with Gasteiger partial charge in [0.1, 0.15) is 5.78 Å². The quantitative estimate of drug-likeness (QED) is 0.253. The average Bonchev–Trinajstić information content (AvgIpc) is 2.59. The molecule has 8 heteroatoms. The van der Waals surface area contributed by atoms with Gasteiger partial charge in [0.05, 0.1) is 0 Å². The third-order valence-corrected chi connectivity index (χ3v) is 4.08. The van der Waals surface area contributed by atoms with Crippen molar-refractivity contribution in [2.75, 3.05) is 5.32 Å². The SMILES string of the molecule is Cc1ccc(NC(=O)CC/C(CC(=O)C(C)(C)C)=N/NC(=O)NN)cc1C. The average molecular weight is 375 g/mol. The Labute approximate surface area is 159 Å². The van der Waals surface area contributed by atoms with Crippen molar-refractivity contribution < 1.29 is 14.4 Å². The van der Waals surface area contributed by atoms with Crippen LogP contribution in [0.3, 0.4) is 0 Å². The van der Waals surface area contributed by atoms with Crippen molar-refractivity contribution in [3.05, 3.63) is 29.3 Å². The van der Waals surface area contributed by atoms with Gasteiger partial charge >= 0.3 is 6.03 Å². The van der Waals surface area contributed by atoms with Crippen LogP contribution in [0, 0.1) is 19.3 Å². The highest BCUT2D eigenvalue weighted by Crippen LogP contribution is 2.18. The van der Waals surface area contributed by atoms with Gasteiger partial charge in [0.2, 0.25) is 5.91 Å². The van der Waals surface area contributed by atoms with Gasteiger partial charge in [0.15, 0.2) is 0 Å². The van der Waals surface area contributed by atoms with Crippen LogP contribution < -0.4 is 22.0 Å². The molecule has 0 radical (unpaired) electrons. The highest BCUT2D eigenvalue weighted by atomic mass is 16.2. The second kappa shape index (κ2) is 9.82. The highest BCUT2D eigenvalue weighted by Gasteiger charge is 2.23. The van der Waals surface area contributed by atoms with Crippen molar-refractivity contribution in [2.45, 2.75) is 53.9 Å². The number of benzene rings is 1. The second-order valence-electron chi connectivity index (χ2n) is 7.46. The third kappa shape index (κ3) is 8.00. The van der Waals surface area contributed by atoms with Crippen molar-refractivity contribution in [1.29, 1.82) is 0 Å². The lowest BCUT2D eigenvalue weighted by molar-refractivity contribution is -0.125. The van der Waals surface area contributed by atoms with E-state index in [9.17, 15) is 14.4 Å². The third-order valence-electron chi connectivity index (χ3n) is 4.08. The maximum absolute atomic E-state index is 12.3. The molecule has 0 bridgehead atoms. The molecule has 3 amide bonds. The summed E-state index contributed by atoms with van der Waals surface area (Å²) < 4.78 is 0. The summed E-state index contributed by atoms with van der Waals surface area (Å²) in [5.74, 6) is 4.76. The number of nitrogens with two attached hydrogens (primary N) is 1. The number of rotatable bonds is 7. The number of urea groups is 1. The molecule has 27 heavy (non-hydrogen) atoms. The Bertz CT molecular complexity index is 735. The van der Waals surface area contributed by atoms with Gasteiger partial charge in [-0.15, -0.1) is 0 Å². The number of carbonyl (C=O) groups excluding carboxylic acids is 3. The maximum Gasteiger partial charge on any atom is 0.349 e. The lowest BCUT2D eigenvalue weighted by Crippen LogP contribution is -2.38. The zero-order valence-corrected chi connectivity index (χ0v) is 16.6. The van der Waals surface area contributed by atoms with E-state index in [1.807, 2.05) is 37.5 Å². The molecule has 0 heterocycles. The Morgan fingerprint density at radius 1 is 1.07 bits per heavy atom. The van der Waals surface area contributed by atoms with Crippen LogP contribution in [0.1, 0.15) is 51.2 Å². The number of aryl methyl sites for hydroxylation is 2. The van der Waals surface area contributed by atoms with Crippen LogP contribution in [-0.4, -0.2) is 23.4 Å². The predicted molar refractivity (Wildman–Crippen MR) is 106 cm³/mol. The molecule has 0 aliphatic heterocycles. The van der Waals surface area contributed by atoms with Crippen LogP contribution >= 0.6 is 0 Å². The summed E-state index contributed by atoms with van der Waals surface area (Å²) in [5, 5.41) is 6.75. The van der Waals surface area contributed by atoms with E-state index in [-0.39, 0.29) is 31.0 Å². The summed E-state index contributed by atoms with van der Waals surface area (Å²) in [4.78, 5) is 35.7. The standard InChI is InChI=1S/C19H29N5O3/c1-12-6-7-14(10-13(12)2)21-17(26)9-8-15(23-24-18(27)22-20)11-16(25)19(3,4)5/h6-7,10H,8-9,11,20H2,1-5H3,(H,21,26)(H2,22,24,27)/b23-15-. The van der Waals surface area contributed by atoms with Gasteiger partial charge in [-0.2, -0.15) is 5.10 Å². The van der Waals surface area contributed by atoms with Crippen molar-refractivity contribution in [1.82, 2.24) is 10.9 Å². The van der Waals surface area contributed by atoms with E-state index in [1.165, 1.54) is 0 Å². The molecule has 1 aromatic carbocycles. The molecular weight excluding hydrogens is 346 g/mol. The van der Waals surface area contributed by atoms with Gasteiger partial charge in [-0.3, -0.25) is 15.0 Å². The largest absolute Gasteiger partial charge is 0.349 e. The summed E-state index contributed by atoms with van der Waals surface area (Å²) in [6, 6.07) is 4.98. The predicted octanol–water partition coefficient (Wildman–Crippen LogP) is 2.56. The fourth-order valence-electron chi connectivity index (χ4n) is 2.10. The molecule has 1 rings (SSSR count). The molecule has 0 atom stereocenters. The monoisotopic (exact) mass is 375 g/mol. The normalized spacial score (nSPS) is 11.7. The van der Waals surface area contributed by atoms with E-state index in [2.05, 4.69) is 15.8 Å². The molecule has 0 saturated heterocycles. The number of nitrogens with zero attached hydrogens (tertiary/aromatic N) is 1. The molecule has 0 aromatic heterocycles. The van der Waals surface area contributed by atoms with E-state index in [0.717, 1.165) is 11.1 Å². The second-order valence-corrected chi connectivity index (χ2v) is 7.46. The summed E-state index contributed by atoms with van der Waals surface area (Å²) in [7, 11) is 0. The van der Waals surface area contributed by atoms with Crippen molar-refractivity contribution >= 4 is 29.1 Å². The first-order chi connectivity index (χ1) is 12.5. The van der Waals surface area contributed by atoms with Crippen LogP contribution in [0.2, 0.25) is 0 Å². The summed E-state index contributed by atoms with van der Waals surface area (Å²) in [6.45, 7) is 9.39. The summed E-state index contributed by atoms with van der Waals surface area (Å²) in [6.07, 6.45) is 0.420. The van der Waals surface area contributed by atoms with Gasteiger partial charge in [-0.25, -0.2) is 16.1 Å². The number of ketones is 1. The Balaban J connectivity index is 2.73. The molecule has 0 spiro atoms. The Morgan fingerprint density at radius 2 is 1.74 bits per heavy atom. The van der Waals surface area contributed by atoms with Crippen LogP contribution in [0.5, 0.6) is 0 Å². The molecular formula is C19H29N5O3. The van der Waals surface area contributed by atoms with Crippen molar-refractivity contribution in [3.8, 4) is 0 Å². The number of carbonyl (C=O) groups is 3. The molecule has 0 fully saturated rings. The number of hydrazine groups is 1. The first-order valence-electron chi connectivity index (χ1n) is 8.75. The molecule has 0 saturated carbocycles. The Kier molecular flexibility index (Phi) is 8.11. The minimum atomic E-state index is -0.699. The van der Waals surface area contributed by atoms with E-state index in [0.29, 0.717) is 11.4 Å². The van der Waals surface area contributed by atoms with Gasteiger partial charge < -0.3 is 5.32 Å². The number of amides is 3. The van der Waals surface area contributed by atoms with Gasteiger partial charge in [-0.1, -0.05) is 26.8 Å². The zero-order chi connectivity index (χ0) is 20.6. The van der Waals surface area contributed by atoms with E-state index in [4.69, 9.17) is 5.84 Å². The number of hydrogen-bond acceptors (Lipinski definition) is 5. The minimum absolute atomic E-state index is 0.0363. The highest BCUT2D eigenvalue weighted by molar-refractivity contribution is 6.05. The fraction of sp³-hybridized carbons (Fsp3) is 0.474. The van der Waals surface area contributed by atoms with E-state index >= 15 is 0 Å². The summed E-state index contributed by atoms with van der Waals surface area (Å²) >= 11 is 0. The smallest absolute Gasteiger partial charge is 0.326 e. The molecule has 1 aromatic rings. The van der Waals surface area contributed by atoms with Crippen molar-refractivity contribution in [2.24, 2.45) is 16.4 Å². The van der Waals surface area contributed by atoms with Crippen molar-refractivity contribution in [3.63, 3.8) is 0 Å². The van der Waals surface area contributed by atoms with E-state index in [1.54, 1.807) is 20.8 Å². The lowest BCUT2D eigenvalue weighted by atomic mass is 9.87. The first-order valence-corrected chi connectivity index (χ1v) is 8.75. The molecule has 5 N–H and O–H groups in total. The number of hydrazone groups is 1. The number of hydrogen-bond donors (Lipinski definition) is 4. The molecule has 0 aliphatic carbocycles. The molecule has 0 unspecified atom stereocenters. The zero-order valence-electron chi connectivity index (χ0n) is 16.6. The number of Topliss-reactive ketones (excluding diaryl/α,β-unsaturated/α-hetero) is 1. The maximum atomic E-state index is 12.3. The Hall–Kier alpha value is -2.74.